The molecule has 0 aliphatic heterocycles. The van der Waals surface area contributed by atoms with E-state index in [0.717, 1.165) is 35.8 Å². The summed E-state index contributed by atoms with van der Waals surface area (Å²) in [5.41, 5.74) is 2.61. The minimum atomic E-state index is -0.367. The van der Waals surface area contributed by atoms with Crippen molar-refractivity contribution in [3.05, 3.63) is 52.5 Å². The molecule has 0 bridgehead atoms. The third-order valence-corrected chi connectivity index (χ3v) is 5.73. The molecule has 0 aromatic heterocycles. The summed E-state index contributed by atoms with van der Waals surface area (Å²) >= 11 is 3.41. The first-order valence-corrected chi connectivity index (χ1v) is 10.7. The zero-order valence-electron chi connectivity index (χ0n) is 16.8. The van der Waals surface area contributed by atoms with Crippen LogP contribution in [0.3, 0.4) is 0 Å². The smallest absolute Gasteiger partial charge is 0.323 e. The van der Waals surface area contributed by atoms with E-state index < -0.39 is 0 Å². The standard InChI is InChI=1S/C22H27BrN4O2/c1-27(2)20-13-12-16(25-22(29)26-19-11-7-6-10-18(19)23)14-17(20)21(28)24-15-8-4-3-5-9-15/h6-7,10-15H,3-5,8-9H2,1-2H3,(H,24,28)(H2,25,26,29). The van der Waals surface area contributed by atoms with Gasteiger partial charge in [-0.2, -0.15) is 0 Å². The fraction of sp³-hybridized carbons (Fsp3) is 0.364. The Morgan fingerprint density at radius 3 is 2.41 bits per heavy atom. The van der Waals surface area contributed by atoms with Crippen LogP contribution in [0, 0.1) is 0 Å². The number of benzene rings is 2. The molecule has 1 aliphatic carbocycles. The SMILES string of the molecule is CN(C)c1ccc(NC(=O)Nc2ccccc2Br)cc1C(=O)NC1CCCCC1. The molecular weight excluding hydrogens is 432 g/mol. The summed E-state index contributed by atoms with van der Waals surface area (Å²) in [6.07, 6.45) is 5.59. The van der Waals surface area contributed by atoms with Crippen LogP contribution in [0.25, 0.3) is 0 Å². The van der Waals surface area contributed by atoms with Gasteiger partial charge in [-0.15, -0.1) is 0 Å². The summed E-state index contributed by atoms with van der Waals surface area (Å²) in [5.74, 6) is -0.101. The summed E-state index contributed by atoms with van der Waals surface area (Å²) in [4.78, 5) is 27.2. The van der Waals surface area contributed by atoms with Gasteiger partial charge in [-0.05, 0) is 59.1 Å². The summed E-state index contributed by atoms with van der Waals surface area (Å²) in [6.45, 7) is 0. The predicted molar refractivity (Wildman–Crippen MR) is 122 cm³/mol. The van der Waals surface area contributed by atoms with E-state index in [4.69, 9.17) is 0 Å². The van der Waals surface area contributed by atoms with Crippen molar-refractivity contribution in [2.75, 3.05) is 29.6 Å². The lowest BCUT2D eigenvalue weighted by atomic mass is 9.95. The number of halogens is 1. The van der Waals surface area contributed by atoms with Crippen molar-refractivity contribution in [2.24, 2.45) is 0 Å². The fourth-order valence-corrected chi connectivity index (χ4v) is 3.93. The average molecular weight is 459 g/mol. The number of anilines is 3. The van der Waals surface area contributed by atoms with E-state index in [1.165, 1.54) is 6.42 Å². The van der Waals surface area contributed by atoms with Crippen molar-refractivity contribution >= 4 is 44.9 Å². The van der Waals surface area contributed by atoms with Crippen LogP contribution < -0.4 is 20.9 Å². The number of hydrogen-bond donors (Lipinski definition) is 3. The molecule has 29 heavy (non-hydrogen) atoms. The van der Waals surface area contributed by atoms with E-state index in [1.54, 1.807) is 12.1 Å². The van der Waals surface area contributed by atoms with Crippen LogP contribution in [0.5, 0.6) is 0 Å². The quantitative estimate of drug-likeness (QED) is 0.574. The molecule has 0 unspecified atom stereocenters. The fourth-order valence-electron chi connectivity index (χ4n) is 3.54. The van der Waals surface area contributed by atoms with Crippen LogP contribution in [-0.4, -0.2) is 32.1 Å². The Bertz CT molecular complexity index is 879. The minimum Gasteiger partial charge on any atom is -0.377 e. The second-order valence-corrected chi connectivity index (χ2v) is 8.35. The average Bonchev–Trinajstić information content (AvgIpc) is 2.70. The number of carbonyl (C=O) groups is 2. The molecule has 3 amide bonds. The zero-order valence-corrected chi connectivity index (χ0v) is 18.4. The maximum atomic E-state index is 12.9. The Morgan fingerprint density at radius 2 is 1.72 bits per heavy atom. The van der Waals surface area contributed by atoms with Crippen LogP contribution in [0.15, 0.2) is 46.9 Å². The molecule has 1 saturated carbocycles. The molecule has 1 fully saturated rings. The van der Waals surface area contributed by atoms with Gasteiger partial charge in [-0.25, -0.2) is 4.79 Å². The largest absolute Gasteiger partial charge is 0.377 e. The second-order valence-electron chi connectivity index (χ2n) is 7.49. The number of hydrogen-bond acceptors (Lipinski definition) is 3. The van der Waals surface area contributed by atoms with Crippen LogP contribution >= 0.6 is 15.9 Å². The summed E-state index contributed by atoms with van der Waals surface area (Å²) in [5, 5.41) is 8.77. The molecule has 2 aromatic rings. The number of urea groups is 1. The predicted octanol–water partition coefficient (Wildman–Crippen LogP) is 5.22. The number of nitrogens with one attached hydrogen (secondary N) is 3. The van der Waals surface area contributed by atoms with Crippen molar-refractivity contribution in [1.29, 1.82) is 0 Å². The molecule has 0 atom stereocenters. The Balaban J connectivity index is 1.74. The molecule has 7 heteroatoms. The molecule has 154 valence electrons. The first kappa shape index (κ1) is 21.2. The lowest BCUT2D eigenvalue weighted by Crippen LogP contribution is -2.36. The van der Waals surface area contributed by atoms with Crippen LogP contribution in [-0.2, 0) is 0 Å². The van der Waals surface area contributed by atoms with E-state index in [0.29, 0.717) is 16.9 Å². The third kappa shape index (κ3) is 5.73. The number of para-hydroxylation sites is 1. The van der Waals surface area contributed by atoms with Gasteiger partial charge in [-0.3, -0.25) is 4.79 Å². The number of amides is 3. The van der Waals surface area contributed by atoms with Crippen LogP contribution in [0.2, 0.25) is 0 Å². The number of carbonyl (C=O) groups excluding carboxylic acids is 2. The van der Waals surface area contributed by atoms with Crippen molar-refractivity contribution in [2.45, 2.75) is 38.1 Å². The van der Waals surface area contributed by atoms with E-state index in [-0.39, 0.29) is 18.0 Å². The lowest BCUT2D eigenvalue weighted by Gasteiger charge is -2.24. The summed E-state index contributed by atoms with van der Waals surface area (Å²) in [7, 11) is 3.80. The molecule has 1 aliphatic rings. The lowest BCUT2D eigenvalue weighted by molar-refractivity contribution is 0.0928. The van der Waals surface area contributed by atoms with Crippen LogP contribution in [0.4, 0.5) is 21.9 Å². The van der Waals surface area contributed by atoms with Gasteiger partial charge in [0.15, 0.2) is 0 Å². The molecule has 0 spiro atoms. The molecular formula is C22H27BrN4O2. The van der Waals surface area contributed by atoms with Gasteiger partial charge in [0, 0.05) is 36.0 Å². The van der Waals surface area contributed by atoms with Crippen molar-refractivity contribution < 1.29 is 9.59 Å². The van der Waals surface area contributed by atoms with Gasteiger partial charge in [0.1, 0.15) is 0 Å². The first-order valence-electron chi connectivity index (χ1n) is 9.89. The van der Waals surface area contributed by atoms with E-state index in [1.807, 2.05) is 49.3 Å². The minimum absolute atomic E-state index is 0.101. The highest BCUT2D eigenvalue weighted by Crippen LogP contribution is 2.25. The van der Waals surface area contributed by atoms with Gasteiger partial charge in [0.2, 0.25) is 0 Å². The highest BCUT2D eigenvalue weighted by Gasteiger charge is 2.20. The van der Waals surface area contributed by atoms with Crippen molar-refractivity contribution in [3.8, 4) is 0 Å². The van der Waals surface area contributed by atoms with Gasteiger partial charge in [-0.1, -0.05) is 31.4 Å². The van der Waals surface area contributed by atoms with Crippen molar-refractivity contribution in [1.82, 2.24) is 5.32 Å². The Hall–Kier alpha value is -2.54. The highest BCUT2D eigenvalue weighted by atomic mass is 79.9. The second kappa shape index (κ2) is 9.78. The van der Waals surface area contributed by atoms with E-state index in [9.17, 15) is 9.59 Å². The summed E-state index contributed by atoms with van der Waals surface area (Å²) in [6, 6.07) is 12.6. The molecule has 6 nitrogen and oxygen atoms in total. The van der Waals surface area contributed by atoms with E-state index in [2.05, 4.69) is 31.9 Å². The van der Waals surface area contributed by atoms with Gasteiger partial charge < -0.3 is 20.9 Å². The monoisotopic (exact) mass is 458 g/mol. The Morgan fingerprint density at radius 1 is 1.00 bits per heavy atom. The number of nitrogens with zero attached hydrogens (tertiary/aromatic N) is 1. The molecule has 2 aromatic carbocycles. The maximum Gasteiger partial charge on any atom is 0.323 e. The highest BCUT2D eigenvalue weighted by molar-refractivity contribution is 9.10. The van der Waals surface area contributed by atoms with E-state index >= 15 is 0 Å². The zero-order chi connectivity index (χ0) is 20.8. The topological polar surface area (TPSA) is 73.5 Å². The number of rotatable bonds is 5. The normalized spacial score (nSPS) is 14.2. The summed E-state index contributed by atoms with van der Waals surface area (Å²) < 4.78 is 0.797. The first-order chi connectivity index (χ1) is 13.9. The Labute approximate surface area is 180 Å². The van der Waals surface area contributed by atoms with Crippen molar-refractivity contribution in [3.63, 3.8) is 0 Å². The van der Waals surface area contributed by atoms with Crippen LogP contribution in [0.1, 0.15) is 42.5 Å². The molecule has 3 N–H and O–H groups in total. The van der Waals surface area contributed by atoms with Gasteiger partial charge in [0.25, 0.3) is 5.91 Å². The Kier molecular flexibility index (Phi) is 7.14. The molecule has 0 heterocycles. The van der Waals surface area contributed by atoms with Gasteiger partial charge >= 0.3 is 6.03 Å². The molecule has 0 saturated heterocycles. The molecule has 3 rings (SSSR count). The molecule has 0 radical (unpaired) electrons. The maximum absolute atomic E-state index is 12.9. The van der Waals surface area contributed by atoms with Gasteiger partial charge in [0.05, 0.1) is 11.3 Å². The third-order valence-electron chi connectivity index (χ3n) is 5.04.